The summed E-state index contributed by atoms with van der Waals surface area (Å²) in [5.41, 5.74) is 0. The van der Waals surface area contributed by atoms with E-state index in [1.54, 1.807) is 0 Å². The Labute approximate surface area is 107 Å². The summed E-state index contributed by atoms with van der Waals surface area (Å²) in [6.07, 6.45) is 6.95. The van der Waals surface area contributed by atoms with E-state index in [9.17, 15) is 14.7 Å². The van der Waals surface area contributed by atoms with Gasteiger partial charge >= 0.3 is 5.97 Å². The van der Waals surface area contributed by atoms with Gasteiger partial charge in [0.15, 0.2) is 0 Å². The molecule has 1 aliphatic carbocycles. The van der Waals surface area contributed by atoms with E-state index in [1.807, 2.05) is 0 Å². The quantitative estimate of drug-likeness (QED) is 0.696. The molecule has 5 heteroatoms. The van der Waals surface area contributed by atoms with Gasteiger partial charge in [-0.3, -0.25) is 4.79 Å². The van der Waals surface area contributed by atoms with E-state index >= 15 is 0 Å². The average molecular weight is 254 g/mol. The highest BCUT2D eigenvalue weighted by molar-refractivity contribution is 5.87. The van der Waals surface area contributed by atoms with Gasteiger partial charge in [-0.1, -0.05) is 19.3 Å². The minimum Gasteiger partial charge on any atom is -0.480 e. The zero-order chi connectivity index (χ0) is 13.0. The highest BCUT2D eigenvalue weighted by Gasteiger charge is 2.33. The molecule has 1 unspecified atom stereocenters. The Kier molecular flexibility index (Phi) is 4.58. The van der Waals surface area contributed by atoms with Gasteiger partial charge in [0.25, 0.3) is 0 Å². The van der Waals surface area contributed by atoms with Gasteiger partial charge in [-0.15, -0.1) is 0 Å². The molecule has 0 aromatic carbocycles. The Bertz CT molecular complexity index is 307. The van der Waals surface area contributed by atoms with Crippen molar-refractivity contribution in [2.24, 2.45) is 5.92 Å². The molecule has 2 fully saturated rings. The van der Waals surface area contributed by atoms with Gasteiger partial charge in [-0.05, 0) is 38.1 Å². The molecule has 5 nitrogen and oxygen atoms in total. The van der Waals surface area contributed by atoms with E-state index in [4.69, 9.17) is 0 Å². The Morgan fingerprint density at radius 2 is 1.83 bits per heavy atom. The van der Waals surface area contributed by atoms with E-state index < -0.39 is 12.0 Å². The molecule has 1 amide bonds. The third kappa shape index (κ3) is 3.22. The number of aliphatic carboxylic acids is 1. The van der Waals surface area contributed by atoms with Crippen molar-refractivity contribution in [1.82, 2.24) is 10.6 Å². The molecule has 3 N–H and O–H groups in total. The summed E-state index contributed by atoms with van der Waals surface area (Å²) in [6.45, 7) is 0.846. The number of hydrogen-bond donors (Lipinski definition) is 3. The first-order valence-electron chi connectivity index (χ1n) is 6.95. The summed E-state index contributed by atoms with van der Waals surface area (Å²) >= 11 is 0. The third-order valence-electron chi connectivity index (χ3n) is 4.06. The van der Waals surface area contributed by atoms with Crippen LogP contribution in [0.2, 0.25) is 0 Å². The van der Waals surface area contributed by atoms with Crippen molar-refractivity contribution >= 4 is 11.9 Å². The zero-order valence-corrected chi connectivity index (χ0v) is 10.7. The number of carboxylic acids is 1. The molecule has 2 aliphatic rings. The summed E-state index contributed by atoms with van der Waals surface area (Å²) in [5, 5.41) is 15.1. The number of carbonyl (C=O) groups excluding carboxylic acids is 1. The molecule has 0 aromatic rings. The molecule has 2 atom stereocenters. The van der Waals surface area contributed by atoms with Crippen LogP contribution in [0.1, 0.15) is 44.9 Å². The minimum atomic E-state index is -0.895. The van der Waals surface area contributed by atoms with E-state index in [0.29, 0.717) is 0 Å². The number of carboxylic acid groups (broad SMARTS) is 1. The van der Waals surface area contributed by atoms with Gasteiger partial charge in [0, 0.05) is 0 Å². The summed E-state index contributed by atoms with van der Waals surface area (Å²) < 4.78 is 0. The van der Waals surface area contributed by atoms with Gasteiger partial charge in [-0.2, -0.15) is 0 Å². The number of amides is 1. The molecule has 2 rings (SSSR count). The molecule has 0 spiro atoms. The Morgan fingerprint density at radius 1 is 1.11 bits per heavy atom. The molecule has 18 heavy (non-hydrogen) atoms. The second kappa shape index (κ2) is 6.18. The van der Waals surface area contributed by atoms with Crippen molar-refractivity contribution in [3.63, 3.8) is 0 Å². The predicted molar refractivity (Wildman–Crippen MR) is 67.2 cm³/mol. The number of carbonyl (C=O) groups is 2. The topological polar surface area (TPSA) is 78.4 Å². The minimum absolute atomic E-state index is 0.0987. The smallest absolute Gasteiger partial charge is 0.326 e. The first-order chi connectivity index (χ1) is 8.68. The largest absolute Gasteiger partial charge is 0.480 e. The van der Waals surface area contributed by atoms with E-state index in [-0.39, 0.29) is 17.9 Å². The maximum Gasteiger partial charge on any atom is 0.326 e. The maximum absolute atomic E-state index is 12.0. The molecule has 1 saturated heterocycles. The van der Waals surface area contributed by atoms with Crippen molar-refractivity contribution in [2.75, 3.05) is 6.54 Å². The Hall–Kier alpha value is -1.10. The Balaban J connectivity index is 1.92. The highest BCUT2D eigenvalue weighted by atomic mass is 16.4. The van der Waals surface area contributed by atoms with E-state index in [0.717, 1.165) is 45.1 Å². The predicted octanol–water partition coefficient (Wildman–Crippen LogP) is 0.888. The summed E-state index contributed by atoms with van der Waals surface area (Å²) in [6, 6.07) is -0.907. The second-order valence-electron chi connectivity index (χ2n) is 5.37. The normalized spacial score (nSPS) is 26.8. The van der Waals surface area contributed by atoms with Crippen molar-refractivity contribution in [3.8, 4) is 0 Å². The summed E-state index contributed by atoms with van der Waals surface area (Å²) in [4.78, 5) is 23.3. The summed E-state index contributed by atoms with van der Waals surface area (Å²) in [5.74, 6) is -0.944. The van der Waals surface area contributed by atoms with Gasteiger partial charge in [0.05, 0.1) is 6.04 Å². The van der Waals surface area contributed by atoms with Crippen LogP contribution in [0.25, 0.3) is 0 Å². The molecule has 1 saturated carbocycles. The fourth-order valence-corrected chi connectivity index (χ4v) is 3.01. The van der Waals surface area contributed by atoms with Crippen molar-refractivity contribution in [2.45, 2.75) is 57.0 Å². The first kappa shape index (κ1) is 13.3. The van der Waals surface area contributed by atoms with Crippen molar-refractivity contribution in [3.05, 3.63) is 0 Å². The van der Waals surface area contributed by atoms with Crippen LogP contribution in [-0.2, 0) is 9.59 Å². The van der Waals surface area contributed by atoms with Crippen LogP contribution in [-0.4, -0.2) is 35.6 Å². The zero-order valence-electron chi connectivity index (χ0n) is 10.7. The van der Waals surface area contributed by atoms with Crippen LogP contribution >= 0.6 is 0 Å². The van der Waals surface area contributed by atoms with Gasteiger partial charge < -0.3 is 15.7 Å². The molecular weight excluding hydrogens is 232 g/mol. The van der Waals surface area contributed by atoms with E-state index in [1.165, 1.54) is 6.42 Å². The fraction of sp³-hybridized carbons (Fsp3) is 0.846. The van der Waals surface area contributed by atoms with Crippen LogP contribution in [0, 0.1) is 5.92 Å². The molecule has 0 bridgehead atoms. The van der Waals surface area contributed by atoms with Crippen molar-refractivity contribution in [1.29, 1.82) is 0 Å². The van der Waals surface area contributed by atoms with E-state index in [2.05, 4.69) is 10.6 Å². The van der Waals surface area contributed by atoms with Gasteiger partial charge in [0.1, 0.15) is 6.04 Å². The number of hydrogen-bond acceptors (Lipinski definition) is 3. The van der Waals surface area contributed by atoms with Crippen molar-refractivity contribution < 1.29 is 14.7 Å². The Morgan fingerprint density at radius 3 is 2.39 bits per heavy atom. The van der Waals surface area contributed by atoms with Crippen LogP contribution in [0.5, 0.6) is 0 Å². The lowest BCUT2D eigenvalue weighted by atomic mass is 9.84. The monoisotopic (exact) mass is 254 g/mol. The molecule has 1 aliphatic heterocycles. The number of rotatable bonds is 4. The highest BCUT2D eigenvalue weighted by Crippen LogP contribution is 2.26. The van der Waals surface area contributed by atoms with Gasteiger partial charge in [0.2, 0.25) is 5.91 Å². The molecule has 102 valence electrons. The molecule has 1 heterocycles. The lowest BCUT2D eigenvalue weighted by molar-refractivity contribution is -0.144. The maximum atomic E-state index is 12.0. The standard InChI is InChI=1S/C13H22N2O3/c16-12(10-7-4-8-14-10)15-11(13(17)18)9-5-2-1-3-6-9/h9-11,14H,1-8H2,(H,15,16)(H,17,18)/t10-,11?/m1/s1. The fourth-order valence-electron chi connectivity index (χ4n) is 3.01. The van der Waals surface area contributed by atoms with Crippen LogP contribution in [0.3, 0.4) is 0 Å². The molecule has 0 aromatic heterocycles. The van der Waals surface area contributed by atoms with Crippen LogP contribution in [0.15, 0.2) is 0 Å². The first-order valence-corrected chi connectivity index (χ1v) is 6.95. The lowest BCUT2D eigenvalue weighted by Gasteiger charge is -2.28. The SMILES string of the molecule is O=C(O)C(NC(=O)[C@H]1CCCN1)C1CCCCC1. The summed E-state index contributed by atoms with van der Waals surface area (Å²) in [7, 11) is 0. The van der Waals surface area contributed by atoms with Crippen LogP contribution in [0.4, 0.5) is 0 Å². The van der Waals surface area contributed by atoms with Crippen LogP contribution < -0.4 is 10.6 Å². The third-order valence-corrected chi connectivity index (χ3v) is 4.06. The second-order valence-corrected chi connectivity index (χ2v) is 5.37. The average Bonchev–Trinajstić information content (AvgIpc) is 2.90. The van der Waals surface area contributed by atoms with Gasteiger partial charge in [-0.25, -0.2) is 4.79 Å². The lowest BCUT2D eigenvalue weighted by Crippen LogP contribution is -2.51. The molecule has 0 radical (unpaired) electrons. The molecular formula is C13H22N2O3. The number of nitrogens with one attached hydrogen (secondary N) is 2.